The molecule has 1 N–H and O–H groups in total. The number of carbonyl (C=O) groups is 1. The number of halogens is 1. The Morgan fingerprint density at radius 1 is 1.16 bits per heavy atom. The van der Waals surface area contributed by atoms with E-state index in [0.29, 0.717) is 10.6 Å². The Hall–Kier alpha value is -1.80. The van der Waals surface area contributed by atoms with Crippen LogP contribution >= 0.6 is 11.6 Å². The summed E-state index contributed by atoms with van der Waals surface area (Å²) in [4.78, 5) is 12.1. The van der Waals surface area contributed by atoms with Crippen LogP contribution in [0.15, 0.2) is 48.5 Å². The van der Waals surface area contributed by atoms with Crippen LogP contribution in [0, 0.1) is 6.92 Å². The Labute approximate surface area is 118 Å². The molecule has 0 aliphatic carbocycles. The minimum Gasteiger partial charge on any atom is -0.345 e. The summed E-state index contributed by atoms with van der Waals surface area (Å²) in [5.41, 5.74) is 2.65. The van der Waals surface area contributed by atoms with Crippen LogP contribution in [-0.2, 0) is 0 Å². The van der Waals surface area contributed by atoms with Crippen molar-refractivity contribution in [3.05, 3.63) is 70.2 Å². The van der Waals surface area contributed by atoms with Crippen LogP contribution in [0.2, 0.25) is 5.02 Å². The molecule has 0 fully saturated rings. The maximum atomic E-state index is 12.1. The molecule has 0 aromatic heterocycles. The van der Waals surface area contributed by atoms with Crippen molar-refractivity contribution >= 4 is 17.5 Å². The first-order valence-electron chi connectivity index (χ1n) is 6.20. The molecule has 0 bridgehead atoms. The maximum absolute atomic E-state index is 12.1. The minimum absolute atomic E-state index is 0.0869. The van der Waals surface area contributed by atoms with Gasteiger partial charge in [-0.15, -0.1) is 0 Å². The van der Waals surface area contributed by atoms with Gasteiger partial charge < -0.3 is 5.32 Å². The van der Waals surface area contributed by atoms with Gasteiger partial charge >= 0.3 is 0 Å². The van der Waals surface area contributed by atoms with Crippen molar-refractivity contribution in [3.63, 3.8) is 0 Å². The van der Waals surface area contributed by atoms with Gasteiger partial charge in [-0.2, -0.15) is 0 Å². The zero-order valence-electron chi connectivity index (χ0n) is 11.0. The third-order valence-electron chi connectivity index (χ3n) is 3.00. The summed E-state index contributed by atoms with van der Waals surface area (Å²) in [6, 6.07) is 14.9. The molecular formula is C16H16ClNO. The first-order valence-corrected chi connectivity index (χ1v) is 6.57. The van der Waals surface area contributed by atoms with E-state index in [0.717, 1.165) is 11.1 Å². The van der Waals surface area contributed by atoms with Crippen LogP contribution in [-0.4, -0.2) is 5.91 Å². The highest BCUT2D eigenvalue weighted by Gasteiger charge is 2.13. The number of benzene rings is 2. The van der Waals surface area contributed by atoms with Crippen LogP contribution in [0.4, 0.5) is 0 Å². The van der Waals surface area contributed by atoms with E-state index in [1.165, 1.54) is 0 Å². The van der Waals surface area contributed by atoms with Crippen molar-refractivity contribution in [1.29, 1.82) is 0 Å². The monoisotopic (exact) mass is 273 g/mol. The van der Waals surface area contributed by atoms with Gasteiger partial charge in [-0.25, -0.2) is 0 Å². The van der Waals surface area contributed by atoms with E-state index in [2.05, 4.69) is 5.32 Å². The minimum atomic E-state index is -0.123. The summed E-state index contributed by atoms with van der Waals surface area (Å²) >= 11 is 6.12. The Morgan fingerprint density at radius 2 is 1.89 bits per heavy atom. The number of amides is 1. The lowest BCUT2D eigenvalue weighted by Gasteiger charge is -2.15. The van der Waals surface area contributed by atoms with E-state index in [4.69, 9.17) is 11.6 Å². The van der Waals surface area contributed by atoms with Crippen molar-refractivity contribution in [2.75, 3.05) is 0 Å². The van der Waals surface area contributed by atoms with Crippen molar-refractivity contribution in [1.82, 2.24) is 5.32 Å². The average molecular weight is 274 g/mol. The van der Waals surface area contributed by atoms with Crippen molar-refractivity contribution in [2.45, 2.75) is 19.9 Å². The summed E-state index contributed by atoms with van der Waals surface area (Å²) in [7, 11) is 0. The molecule has 0 radical (unpaired) electrons. The van der Waals surface area contributed by atoms with E-state index < -0.39 is 0 Å². The molecule has 0 spiro atoms. The molecule has 0 saturated heterocycles. The lowest BCUT2D eigenvalue weighted by molar-refractivity contribution is 0.0940. The van der Waals surface area contributed by atoms with E-state index >= 15 is 0 Å². The molecule has 98 valence electrons. The lowest BCUT2D eigenvalue weighted by atomic mass is 10.1. The summed E-state index contributed by atoms with van der Waals surface area (Å²) in [6.45, 7) is 3.89. The molecule has 0 heterocycles. The maximum Gasteiger partial charge on any atom is 0.251 e. The van der Waals surface area contributed by atoms with Crippen molar-refractivity contribution in [3.8, 4) is 0 Å². The van der Waals surface area contributed by atoms with Crippen LogP contribution in [0.1, 0.15) is 34.5 Å². The first-order chi connectivity index (χ1) is 9.08. The van der Waals surface area contributed by atoms with Crippen LogP contribution < -0.4 is 5.32 Å². The summed E-state index contributed by atoms with van der Waals surface area (Å²) < 4.78 is 0. The SMILES string of the molecule is Cc1cccc(C(=O)N[C@H](C)c2ccccc2Cl)c1. The standard InChI is InChI=1S/C16H16ClNO/c1-11-6-5-7-13(10-11)16(19)18-12(2)14-8-3-4-9-15(14)17/h3-10,12H,1-2H3,(H,18,19)/t12-/m1/s1. The smallest absolute Gasteiger partial charge is 0.251 e. The zero-order valence-corrected chi connectivity index (χ0v) is 11.7. The molecular weight excluding hydrogens is 258 g/mol. The topological polar surface area (TPSA) is 29.1 Å². The second-order valence-corrected chi connectivity index (χ2v) is 4.99. The number of hydrogen-bond acceptors (Lipinski definition) is 1. The van der Waals surface area contributed by atoms with Gasteiger partial charge in [0.15, 0.2) is 0 Å². The van der Waals surface area contributed by atoms with Crippen LogP contribution in [0.5, 0.6) is 0 Å². The van der Waals surface area contributed by atoms with Gasteiger partial charge in [0.2, 0.25) is 0 Å². The molecule has 0 unspecified atom stereocenters. The van der Waals surface area contributed by atoms with Gasteiger partial charge in [-0.1, -0.05) is 47.5 Å². The highest BCUT2D eigenvalue weighted by Crippen LogP contribution is 2.22. The molecule has 2 aromatic rings. The molecule has 0 saturated carbocycles. The number of aryl methyl sites for hydroxylation is 1. The highest BCUT2D eigenvalue weighted by atomic mass is 35.5. The second-order valence-electron chi connectivity index (χ2n) is 4.59. The van der Waals surface area contributed by atoms with Gasteiger partial charge in [-0.3, -0.25) is 4.79 Å². The molecule has 1 amide bonds. The normalized spacial score (nSPS) is 11.9. The average Bonchev–Trinajstić information content (AvgIpc) is 2.39. The zero-order chi connectivity index (χ0) is 13.8. The molecule has 0 aliphatic heterocycles. The number of carbonyl (C=O) groups excluding carboxylic acids is 1. The van der Waals surface area contributed by atoms with Crippen LogP contribution in [0.25, 0.3) is 0 Å². The van der Waals surface area contributed by atoms with E-state index in [1.54, 1.807) is 0 Å². The summed E-state index contributed by atoms with van der Waals surface area (Å²) in [5, 5.41) is 3.62. The molecule has 2 aromatic carbocycles. The molecule has 3 heteroatoms. The number of nitrogens with one attached hydrogen (secondary N) is 1. The molecule has 0 aliphatic rings. The van der Waals surface area contributed by atoms with E-state index in [9.17, 15) is 4.79 Å². The Kier molecular flexibility index (Phi) is 4.23. The Balaban J connectivity index is 2.13. The largest absolute Gasteiger partial charge is 0.345 e. The quantitative estimate of drug-likeness (QED) is 0.895. The summed E-state index contributed by atoms with van der Waals surface area (Å²) in [5.74, 6) is -0.0869. The third-order valence-corrected chi connectivity index (χ3v) is 3.34. The van der Waals surface area contributed by atoms with Gasteiger partial charge in [0.1, 0.15) is 0 Å². The van der Waals surface area contributed by atoms with Crippen molar-refractivity contribution < 1.29 is 4.79 Å². The fraction of sp³-hybridized carbons (Fsp3) is 0.188. The fourth-order valence-corrected chi connectivity index (χ4v) is 2.27. The van der Waals surface area contributed by atoms with E-state index in [1.807, 2.05) is 62.4 Å². The van der Waals surface area contributed by atoms with Gasteiger partial charge in [0, 0.05) is 10.6 Å². The first kappa shape index (κ1) is 13.6. The summed E-state index contributed by atoms with van der Waals surface area (Å²) in [6.07, 6.45) is 0. The molecule has 2 nitrogen and oxygen atoms in total. The van der Waals surface area contributed by atoms with Crippen LogP contribution in [0.3, 0.4) is 0 Å². The predicted octanol–water partition coefficient (Wildman–Crippen LogP) is 4.14. The second kappa shape index (κ2) is 5.89. The van der Waals surface area contributed by atoms with Gasteiger partial charge in [0.25, 0.3) is 5.91 Å². The van der Waals surface area contributed by atoms with E-state index in [-0.39, 0.29) is 11.9 Å². The third kappa shape index (κ3) is 3.36. The highest BCUT2D eigenvalue weighted by molar-refractivity contribution is 6.31. The lowest BCUT2D eigenvalue weighted by Crippen LogP contribution is -2.26. The predicted molar refractivity (Wildman–Crippen MR) is 78.5 cm³/mol. The van der Waals surface area contributed by atoms with Gasteiger partial charge in [0.05, 0.1) is 6.04 Å². The number of rotatable bonds is 3. The Bertz CT molecular complexity index is 595. The number of hydrogen-bond donors (Lipinski definition) is 1. The molecule has 2 rings (SSSR count). The fourth-order valence-electron chi connectivity index (χ4n) is 1.97. The Morgan fingerprint density at radius 3 is 2.58 bits per heavy atom. The molecule has 1 atom stereocenters. The van der Waals surface area contributed by atoms with Gasteiger partial charge in [-0.05, 0) is 37.6 Å². The molecule has 19 heavy (non-hydrogen) atoms. The van der Waals surface area contributed by atoms with Crippen molar-refractivity contribution in [2.24, 2.45) is 0 Å².